The van der Waals surface area contributed by atoms with Gasteiger partial charge in [-0.15, -0.1) is 0 Å². The van der Waals surface area contributed by atoms with Crippen molar-refractivity contribution < 1.29 is 14.4 Å². The highest BCUT2D eigenvalue weighted by Gasteiger charge is 2.28. The van der Waals surface area contributed by atoms with Gasteiger partial charge in [-0.25, -0.2) is 4.79 Å². The van der Waals surface area contributed by atoms with Crippen LogP contribution in [0.5, 0.6) is 0 Å². The first kappa shape index (κ1) is 18.8. The molecule has 1 aliphatic heterocycles. The zero-order valence-electron chi connectivity index (χ0n) is 14.7. The van der Waals surface area contributed by atoms with Crippen molar-refractivity contribution in [3.8, 4) is 0 Å². The van der Waals surface area contributed by atoms with Gasteiger partial charge < -0.3 is 21.3 Å². The molecule has 7 nitrogen and oxygen atoms in total. The van der Waals surface area contributed by atoms with Crippen molar-refractivity contribution in [2.75, 3.05) is 11.9 Å². The molecule has 0 radical (unpaired) electrons. The molecule has 25 heavy (non-hydrogen) atoms. The summed E-state index contributed by atoms with van der Waals surface area (Å²) in [7, 11) is 0. The van der Waals surface area contributed by atoms with Crippen molar-refractivity contribution in [1.82, 2.24) is 10.2 Å². The quantitative estimate of drug-likeness (QED) is 0.760. The summed E-state index contributed by atoms with van der Waals surface area (Å²) >= 11 is 0. The number of carbonyl (C=O) groups is 3. The molecule has 0 spiro atoms. The highest BCUT2D eigenvalue weighted by atomic mass is 16.2. The molecule has 7 heteroatoms. The lowest BCUT2D eigenvalue weighted by molar-refractivity contribution is -0.119. The van der Waals surface area contributed by atoms with Crippen molar-refractivity contribution >= 4 is 23.5 Å². The number of amides is 4. The average molecular weight is 346 g/mol. The van der Waals surface area contributed by atoms with Gasteiger partial charge in [0.25, 0.3) is 5.91 Å². The maximum Gasteiger partial charge on any atom is 0.319 e. The van der Waals surface area contributed by atoms with E-state index in [9.17, 15) is 14.4 Å². The van der Waals surface area contributed by atoms with E-state index in [2.05, 4.69) is 10.6 Å². The zero-order chi connectivity index (χ0) is 18.4. The number of nitrogens with one attached hydrogen (secondary N) is 2. The highest BCUT2D eigenvalue weighted by Crippen LogP contribution is 2.23. The molecule has 0 aliphatic carbocycles. The van der Waals surface area contributed by atoms with Gasteiger partial charge in [-0.2, -0.15) is 0 Å². The molecule has 0 bridgehead atoms. The van der Waals surface area contributed by atoms with Crippen molar-refractivity contribution in [2.24, 2.45) is 5.73 Å². The first-order valence-electron chi connectivity index (χ1n) is 8.63. The van der Waals surface area contributed by atoms with Crippen molar-refractivity contribution in [1.29, 1.82) is 0 Å². The first-order valence-corrected chi connectivity index (χ1v) is 8.63. The number of likely N-dealkylation sites (tertiary alicyclic amines) is 1. The molecule has 0 saturated carbocycles. The third-order valence-electron chi connectivity index (χ3n) is 4.11. The molecule has 0 unspecified atom stereocenters. The fraction of sp³-hybridized carbons (Fsp3) is 0.500. The number of hydrogen-bond donors (Lipinski definition) is 3. The number of piperidine rings is 1. The third kappa shape index (κ3) is 5.48. The highest BCUT2D eigenvalue weighted by molar-refractivity contribution is 5.97. The van der Waals surface area contributed by atoms with E-state index >= 15 is 0 Å². The smallest absolute Gasteiger partial charge is 0.319 e. The second-order valence-electron chi connectivity index (χ2n) is 6.65. The summed E-state index contributed by atoms with van der Waals surface area (Å²) in [5.74, 6) is -0.538. The Hall–Kier alpha value is -2.57. The Kier molecular flexibility index (Phi) is 6.38. The van der Waals surface area contributed by atoms with Gasteiger partial charge in [0.2, 0.25) is 5.91 Å². The number of anilines is 1. The molecule has 1 fully saturated rings. The van der Waals surface area contributed by atoms with Gasteiger partial charge in [0.05, 0.1) is 0 Å². The summed E-state index contributed by atoms with van der Waals surface area (Å²) in [5.41, 5.74) is 6.35. The van der Waals surface area contributed by atoms with Gasteiger partial charge in [-0.1, -0.05) is 6.07 Å². The van der Waals surface area contributed by atoms with Crippen LogP contribution in [0.3, 0.4) is 0 Å². The number of rotatable bonds is 5. The Morgan fingerprint density at radius 2 is 2.04 bits per heavy atom. The molecule has 1 saturated heterocycles. The number of benzene rings is 1. The van der Waals surface area contributed by atoms with Crippen LogP contribution in [0.15, 0.2) is 24.3 Å². The largest absolute Gasteiger partial charge is 0.370 e. The predicted octanol–water partition coefficient (Wildman–Crippen LogP) is 2.09. The SMILES string of the molecule is CC(C)NC(=O)Nc1cccc(C(=O)N2CCCC[C@@H]2CC(N)=O)c1. The van der Waals surface area contributed by atoms with E-state index in [4.69, 9.17) is 5.73 Å². The number of primary amides is 1. The summed E-state index contributed by atoms with van der Waals surface area (Å²) in [5, 5.41) is 5.46. The molecule has 1 aromatic rings. The van der Waals surface area contributed by atoms with Crippen LogP contribution in [0.1, 0.15) is 49.9 Å². The van der Waals surface area contributed by atoms with E-state index in [-0.39, 0.29) is 30.4 Å². The minimum absolute atomic E-state index is 0.0210. The van der Waals surface area contributed by atoms with E-state index in [0.29, 0.717) is 17.8 Å². The Balaban J connectivity index is 2.11. The molecule has 0 aromatic heterocycles. The van der Waals surface area contributed by atoms with Gasteiger partial charge in [-0.3, -0.25) is 9.59 Å². The monoisotopic (exact) mass is 346 g/mol. The van der Waals surface area contributed by atoms with E-state index < -0.39 is 5.91 Å². The number of nitrogens with two attached hydrogens (primary N) is 1. The van der Waals surface area contributed by atoms with Crippen LogP contribution in [0, 0.1) is 0 Å². The molecule has 4 N–H and O–H groups in total. The standard InChI is InChI=1S/C18H26N4O3/c1-12(2)20-18(25)21-14-7-5-6-13(10-14)17(24)22-9-4-3-8-15(22)11-16(19)23/h5-7,10,12,15H,3-4,8-9,11H2,1-2H3,(H2,19,23)(H2,20,21,25)/t15-/m1/s1. The van der Waals surface area contributed by atoms with Crippen LogP contribution < -0.4 is 16.4 Å². The fourth-order valence-electron chi connectivity index (χ4n) is 3.04. The van der Waals surface area contributed by atoms with E-state index in [0.717, 1.165) is 19.3 Å². The first-order chi connectivity index (χ1) is 11.9. The van der Waals surface area contributed by atoms with Crippen molar-refractivity contribution in [2.45, 2.75) is 51.6 Å². The number of hydrogen-bond acceptors (Lipinski definition) is 3. The van der Waals surface area contributed by atoms with Gasteiger partial charge in [-0.05, 0) is 51.3 Å². The molecular formula is C18H26N4O3. The maximum atomic E-state index is 12.9. The lowest BCUT2D eigenvalue weighted by Crippen LogP contribution is -2.45. The molecule has 1 atom stereocenters. The van der Waals surface area contributed by atoms with Gasteiger partial charge >= 0.3 is 6.03 Å². The number of nitrogens with zero attached hydrogens (tertiary/aromatic N) is 1. The van der Waals surface area contributed by atoms with Crippen molar-refractivity contribution in [3.05, 3.63) is 29.8 Å². The van der Waals surface area contributed by atoms with E-state index in [1.807, 2.05) is 13.8 Å². The average Bonchev–Trinajstić information content (AvgIpc) is 2.53. The molecule has 136 valence electrons. The normalized spacial score (nSPS) is 17.2. The molecule has 1 heterocycles. The number of carbonyl (C=O) groups excluding carboxylic acids is 3. The molecule has 2 rings (SSSR count). The van der Waals surface area contributed by atoms with Crippen LogP contribution >= 0.6 is 0 Å². The second kappa shape index (κ2) is 8.50. The van der Waals surface area contributed by atoms with E-state index in [1.165, 1.54) is 0 Å². The minimum atomic E-state index is -0.398. The second-order valence-corrected chi connectivity index (χ2v) is 6.65. The topological polar surface area (TPSA) is 105 Å². The van der Waals surface area contributed by atoms with Crippen LogP contribution in [-0.4, -0.2) is 41.4 Å². The van der Waals surface area contributed by atoms with Crippen molar-refractivity contribution in [3.63, 3.8) is 0 Å². The molecule has 1 aliphatic rings. The number of urea groups is 1. The van der Waals surface area contributed by atoms with Crippen LogP contribution in [0.4, 0.5) is 10.5 Å². The Morgan fingerprint density at radius 1 is 1.28 bits per heavy atom. The summed E-state index contributed by atoms with van der Waals surface area (Å²) < 4.78 is 0. The lowest BCUT2D eigenvalue weighted by atomic mass is 9.98. The fourth-order valence-corrected chi connectivity index (χ4v) is 3.04. The Labute approximate surface area is 147 Å². The van der Waals surface area contributed by atoms with Gasteiger partial charge in [0.15, 0.2) is 0 Å². The summed E-state index contributed by atoms with van der Waals surface area (Å²) in [4.78, 5) is 37.7. The Bertz CT molecular complexity index is 645. The van der Waals surface area contributed by atoms with Crippen LogP contribution in [-0.2, 0) is 4.79 Å². The maximum absolute atomic E-state index is 12.9. The zero-order valence-corrected chi connectivity index (χ0v) is 14.7. The van der Waals surface area contributed by atoms with E-state index in [1.54, 1.807) is 29.2 Å². The van der Waals surface area contributed by atoms with Gasteiger partial charge in [0.1, 0.15) is 0 Å². The summed E-state index contributed by atoms with van der Waals surface area (Å²) in [6.45, 7) is 4.35. The lowest BCUT2D eigenvalue weighted by Gasteiger charge is -2.35. The van der Waals surface area contributed by atoms with Crippen LogP contribution in [0.25, 0.3) is 0 Å². The molecule has 1 aromatic carbocycles. The summed E-state index contributed by atoms with van der Waals surface area (Å²) in [6.07, 6.45) is 2.86. The minimum Gasteiger partial charge on any atom is -0.370 e. The van der Waals surface area contributed by atoms with Gasteiger partial charge in [0, 0.05) is 36.3 Å². The molecular weight excluding hydrogens is 320 g/mol. The Morgan fingerprint density at radius 3 is 2.72 bits per heavy atom. The third-order valence-corrected chi connectivity index (χ3v) is 4.11. The molecule has 4 amide bonds. The summed E-state index contributed by atoms with van der Waals surface area (Å²) in [6, 6.07) is 6.37. The van der Waals surface area contributed by atoms with Crippen LogP contribution in [0.2, 0.25) is 0 Å². The predicted molar refractivity (Wildman–Crippen MR) is 96.2 cm³/mol.